The number of aromatic nitrogens is 3. The molecule has 0 bridgehead atoms. The van der Waals surface area contributed by atoms with Crippen molar-refractivity contribution in [1.82, 2.24) is 19.9 Å². The fraction of sp³-hybridized carbons (Fsp3) is 0.269. The Morgan fingerprint density at radius 2 is 1.85 bits per heavy atom. The van der Waals surface area contributed by atoms with E-state index in [4.69, 9.17) is 0 Å². The Kier molecular flexibility index (Phi) is 7.72. The molecule has 1 amide bonds. The predicted octanol–water partition coefficient (Wildman–Crippen LogP) is 4.84. The third-order valence-electron chi connectivity index (χ3n) is 5.93. The van der Waals surface area contributed by atoms with E-state index in [9.17, 15) is 36.6 Å². The maximum atomic E-state index is 14.3. The largest absolute Gasteiger partial charge is 0.573 e. The predicted molar refractivity (Wildman–Crippen MR) is 130 cm³/mol. The molecule has 4 aromatic rings. The molecule has 2 aromatic carbocycles. The van der Waals surface area contributed by atoms with Crippen molar-refractivity contribution >= 4 is 11.4 Å². The van der Waals surface area contributed by atoms with Gasteiger partial charge in [-0.15, -0.1) is 18.3 Å². The fourth-order valence-corrected chi connectivity index (χ4v) is 4.25. The van der Waals surface area contributed by atoms with Crippen LogP contribution in [0.3, 0.4) is 0 Å². The summed E-state index contributed by atoms with van der Waals surface area (Å²) in [6.07, 6.45) is -3.63. The Bertz CT molecular complexity index is 1560. The lowest BCUT2D eigenvalue weighted by Crippen LogP contribution is -2.29. The van der Waals surface area contributed by atoms with E-state index in [1.807, 2.05) is 0 Å². The summed E-state index contributed by atoms with van der Waals surface area (Å²) in [6.45, 7) is 3.27. The van der Waals surface area contributed by atoms with Gasteiger partial charge >= 0.3 is 6.36 Å². The van der Waals surface area contributed by atoms with Gasteiger partial charge in [-0.2, -0.15) is 0 Å². The Hall–Kier alpha value is -4.26. The zero-order chi connectivity index (χ0) is 28.5. The standard InChI is InChI=1S/C26H23F5N4O4/c1-13(2)21-17(24(37)32-19(9-10-36)14-3-6-16(27)7-4-14)12-35-22(21)25(38)33-23(34-35)15-5-8-20(18(28)11-15)39-26(29,30)31/h3-8,11-13,19,36H,9-10H2,1-2H3,(H,32,37)(H,33,34,38)/t19-/m1/s1. The average Bonchev–Trinajstić information content (AvgIpc) is 3.25. The van der Waals surface area contributed by atoms with Crippen LogP contribution in [0.5, 0.6) is 5.75 Å². The summed E-state index contributed by atoms with van der Waals surface area (Å²) in [7, 11) is 0. The maximum absolute atomic E-state index is 14.3. The number of aliphatic hydroxyl groups is 1. The van der Waals surface area contributed by atoms with Crippen molar-refractivity contribution in [1.29, 1.82) is 0 Å². The molecule has 0 spiro atoms. The molecule has 0 unspecified atom stereocenters. The minimum Gasteiger partial charge on any atom is -0.403 e. The van der Waals surface area contributed by atoms with Crippen molar-refractivity contribution < 1.29 is 36.6 Å². The monoisotopic (exact) mass is 550 g/mol. The van der Waals surface area contributed by atoms with E-state index in [-0.39, 0.29) is 41.4 Å². The number of aromatic amines is 1. The van der Waals surface area contributed by atoms with E-state index < -0.39 is 41.3 Å². The molecule has 206 valence electrons. The number of alkyl halides is 3. The molecule has 0 aliphatic heterocycles. The normalized spacial score (nSPS) is 12.6. The number of halogens is 5. The van der Waals surface area contributed by atoms with Gasteiger partial charge in [0.1, 0.15) is 11.3 Å². The molecule has 0 radical (unpaired) electrons. The van der Waals surface area contributed by atoms with Crippen molar-refractivity contribution in [2.75, 3.05) is 6.61 Å². The van der Waals surface area contributed by atoms with Gasteiger partial charge in [-0.05, 0) is 48.2 Å². The van der Waals surface area contributed by atoms with Gasteiger partial charge in [0, 0.05) is 23.9 Å². The molecule has 0 aliphatic rings. The molecule has 0 saturated heterocycles. The van der Waals surface area contributed by atoms with Crippen LogP contribution in [0.2, 0.25) is 0 Å². The van der Waals surface area contributed by atoms with Gasteiger partial charge in [-0.25, -0.2) is 13.3 Å². The number of rotatable bonds is 8. The number of ether oxygens (including phenoxy) is 1. The fourth-order valence-electron chi connectivity index (χ4n) is 4.25. The lowest BCUT2D eigenvalue weighted by molar-refractivity contribution is -0.275. The second-order valence-corrected chi connectivity index (χ2v) is 8.99. The number of carbonyl (C=O) groups excluding carboxylic acids is 1. The van der Waals surface area contributed by atoms with E-state index in [2.05, 4.69) is 20.1 Å². The summed E-state index contributed by atoms with van der Waals surface area (Å²) in [5.41, 5.74) is 0.402. The third-order valence-corrected chi connectivity index (χ3v) is 5.93. The number of amides is 1. The quantitative estimate of drug-likeness (QED) is 0.272. The Morgan fingerprint density at radius 1 is 1.15 bits per heavy atom. The van der Waals surface area contributed by atoms with Gasteiger partial charge in [0.15, 0.2) is 17.4 Å². The van der Waals surface area contributed by atoms with E-state index in [1.165, 1.54) is 30.5 Å². The molecule has 1 atom stereocenters. The average molecular weight is 550 g/mol. The number of benzene rings is 2. The van der Waals surface area contributed by atoms with E-state index >= 15 is 0 Å². The van der Waals surface area contributed by atoms with Gasteiger partial charge in [0.25, 0.3) is 11.5 Å². The second-order valence-electron chi connectivity index (χ2n) is 8.99. The van der Waals surface area contributed by atoms with Crippen LogP contribution in [0.15, 0.2) is 53.5 Å². The van der Waals surface area contributed by atoms with Crippen LogP contribution < -0.4 is 15.6 Å². The molecule has 2 heterocycles. The zero-order valence-electron chi connectivity index (χ0n) is 20.6. The van der Waals surface area contributed by atoms with Crippen molar-refractivity contribution in [2.24, 2.45) is 0 Å². The van der Waals surface area contributed by atoms with Crippen LogP contribution in [-0.2, 0) is 0 Å². The van der Waals surface area contributed by atoms with E-state index in [0.29, 0.717) is 11.1 Å². The highest BCUT2D eigenvalue weighted by molar-refractivity contribution is 5.98. The molecule has 0 saturated carbocycles. The summed E-state index contributed by atoms with van der Waals surface area (Å²) < 4.78 is 69.8. The van der Waals surface area contributed by atoms with Crippen LogP contribution in [-0.4, -0.2) is 38.6 Å². The zero-order valence-corrected chi connectivity index (χ0v) is 20.6. The number of hydrogen-bond donors (Lipinski definition) is 3. The van der Waals surface area contributed by atoms with Gasteiger partial charge in [-0.3, -0.25) is 9.59 Å². The first-order chi connectivity index (χ1) is 18.4. The highest BCUT2D eigenvalue weighted by Crippen LogP contribution is 2.30. The van der Waals surface area contributed by atoms with Crippen molar-refractivity contribution in [3.05, 3.63) is 87.3 Å². The SMILES string of the molecule is CC(C)c1c(C(=O)N[C@H](CCO)c2ccc(F)cc2)cn2nc(-c3ccc(OC(F)(F)F)c(F)c3)[nH]c(=O)c12. The molecule has 8 nitrogen and oxygen atoms in total. The minimum atomic E-state index is -5.09. The molecule has 2 aromatic heterocycles. The number of nitrogens with zero attached hydrogens (tertiary/aromatic N) is 2. The summed E-state index contributed by atoms with van der Waals surface area (Å²) in [6, 6.07) is 7.35. The number of carbonyl (C=O) groups is 1. The first kappa shape index (κ1) is 27.8. The minimum absolute atomic E-state index is 0.0360. The molecule has 13 heteroatoms. The number of aliphatic hydroxyl groups excluding tert-OH is 1. The van der Waals surface area contributed by atoms with Crippen LogP contribution in [0, 0.1) is 11.6 Å². The topological polar surface area (TPSA) is 109 Å². The number of hydrogen-bond acceptors (Lipinski definition) is 5. The van der Waals surface area contributed by atoms with Gasteiger partial charge in [-0.1, -0.05) is 26.0 Å². The van der Waals surface area contributed by atoms with Gasteiger partial charge in [0.2, 0.25) is 0 Å². The van der Waals surface area contributed by atoms with E-state index in [0.717, 1.165) is 22.7 Å². The smallest absolute Gasteiger partial charge is 0.403 e. The molecule has 0 aliphatic carbocycles. The Labute approximate surface area is 218 Å². The third kappa shape index (κ3) is 6.08. The van der Waals surface area contributed by atoms with Gasteiger partial charge in [0.05, 0.1) is 11.6 Å². The van der Waals surface area contributed by atoms with Crippen molar-refractivity contribution in [2.45, 2.75) is 38.6 Å². The summed E-state index contributed by atoms with van der Waals surface area (Å²) >= 11 is 0. The number of nitrogens with one attached hydrogen (secondary N) is 2. The first-order valence-electron chi connectivity index (χ1n) is 11.8. The van der Waals surface area contributed by atoms with Crippen LogP contribution in [0.1, 0.15) is 53.7 Å². The number of H-pyrrole nitrogens is 1. The molecular weight excluding hydrogens is 527 g/mol. The molecule has 0 fully saturated rings. The Morgan fingerprint density at radius 3 is 2.44 bits per heavy atom. The molecule has 3 N–H and O–H groups in total. The van der Waals surface area contributed by atoms with E-state index in [1.54, 1.807) is 13.8 Å². The summed E-state index contributed by atoms with van der Waals surface area (Å²) in [5.74, 6) is -3.88. The summed E-state index contributed by atoms with van der Waals surface area (Å²) in [4.78, 5) is 28.9. The maximum Gasteiger partial charge on any atom is 0.573 e. The molecule has 39 heavy (non-hydrogen) atoms. The Balaban J connectivity index is 1.73. The molecule has 4 rings (SSSR count). The van der Waals surface area contributed by atoms with Crippen LogP contribution >= 0.6 is 0 Å². The van der Waals surface area contributed by atoms with Crippen LogP contribution in [0.4, 0.5) is 22.0 Å². The van der Waals surface area contributed by atoms with Gasteiger partial charge < -0.3 is 20.1 Å². The highest BCUT2D eigenvalue weighted by Gasteiger charge is 2.32. The summed E-state index contributed by atoms with van der Waals surface area (Å²) in [5, 5.41) is 16.5. The highest BCUT2D eigenvalue weighted by atomic mass is 19.4. The first-order valence-corrected chi connectivity index (χ1v) is 11.8. The number of fused-ring (bicyclic) bond motifs is 1. The van der Waals surface area contributed by atoms with Crippen molar-refractivity contribution in [3.8, 4) is 17.1 Å². The lowest BCUT2D eigenvalue weighted by Gasteiger charge is -2.19. The molecular formula is C26H23F5N4O4. The second kappa shape index (κ2) is 10.8. The van der Waals surface area contributed by atoms with Crippen molar-refractivity contribution in [3.63, 3.8) is 0 Å². The van der Waals surface area contributed by atoms with Crippen LogP contribution in [0.25, 0.3) is 16.9 Å². The lowest BCUT2D eigenvalue weighted by atomic mass is 9.98.